The molecule has 1 rings (SSSR count). The summed E-state index contributed by atoms with van der Waals surface area (Å²) in [7, 11) is 0. The van der Waals surface area contributed by atoms with Crippen molar-refractivity contribution in [2.45, 2.75) is 6.92 Å². The summed E-state index contributed by atoms with van der Waals surface area (Å²) in [5.74, 6) is 0. The van der Waals surface area contributed by atoms with Crippen LogP contribution in [0.15, 0.2) is 0 Å². The minimum atomic E-state index is 0.0781. The highest BCUT2D eigenvalue weighted by atomic mass is 17.1. The summed E-state index contributed by atoms with van der Waals surface area (Å²) < 4.78 is 4.90. The lowest BCUT2D eigenvalue weighted by molar-refractivity contribution is -0.286. The summed E-state index contributed by atoms with van der Waals surface area (Å²) in [6.07, 6.45) is 0. The van der Waals surface area contributed by atoms with Gasteiger partial charge in [0, 0.05) is 5.41 Å². The summed E-state index contributed by atoms with van der Waals surface area (Å²) in [6.45, 7) is 3.79. The van der Waals surface area contributed by atoms with Crippen LogP contribution >= 0.6 is 0 Å². The van der Waals surface area contributed by atoms with E-state index < -0.39 is 0 Å². The number of rotatable bonds is 2. The SMILES string of the molecule is CC1(COO)COC1. The van der Waals surface area contributed by atoms with Crippen molar-refractivity contribution < 1.29 is 14.9 Å². The highest BCUT2D eigenvalue weighted by molar-refractivity contribution is 4.79. The Morgan fingerprint density at radius 3 is 2.50 bits per heavy atom. The first kappa shape index (κ1) is 6.01. The fourth-order valence-electron chi connectivity index (χ4n) is 0.690. The van der Waals surface area contributed by atoms with Crippen LogP contribution in [0.25, 0.3) is 0 Å². The highest BCUT2D eigenvalue weighted by Gasteiger charge is 2.33. The molecule has 1 aliphatic rings. The molecule has 48 valence electrons. The van der Waals surface area contributed by atoms with Crippen LogP contribution in [0.2, 0.25) is 0 Å². The van der Waals surface area contributed by atoms with Gasteiger partial charge < -0.3 is 4.74 Å². The van der Waals surface area contributed by atoms with Gasteiger partial charge in [-0.3, -0.25) is 5.26 Å². The Hall–Kier alpha value is -0.120. The molecule has 3 heteroatoms. The summed E-state index contributed by atoms with van der Waals surface area (Å²) in [4.78, 5) is 3.97. The summed E-state index contributed by atoms with van der Waals surface area (Å²) >= 11 is 0. The van der Waals surface area contributed by atoms with E-state index in [4.69, 9.17) is 9.99 Å². The van der Waals surface area contributed by atoms with Gasteiger partial charge >= 0.3 is 0 Å². The quantitative estimate of drug-likeness (QED) is 0.424. The summed E-state index contributed by atoms with van der Waals surface area (Å²) in [5.41, 5.74) is 0.0781. The van der Waals surface area contributed by atoms with Crippen LogP contribution in [0.1, 0.15) is 6.92 Å². The molecule has 0 aromatic heterocycles. The molecule has 0 aromatic carbocycles. The number of ether oxygens (including phenoxy) is 1. The van der Waals surface area contributed by atoms with Gasteiger partial charge in [0.15, 0.2) is 0 Å². The predicted molar refractivity (Wildman–Crippen MR) is 27.5 cm³/mol. The van der Waals surface area contributed by atoms with E-state index in [9.17, 15) is 0 Å². The predicted octanol–water partition coefficient (Wildman–Crippen LogP) is 0.512. The van der Waals surface area contributed by atoms with Gasteiger partial charge in [0.05, 0.1) is 19.8 Å². The topological polar surface area (TPSA) is 38.7 Å². The molecule has 1 N–H and O–H groups in total. The van der Waals surface area contributed by atoms with E-state index in [1.807, 2.05) is 6.92 Å². The second-order valence-corrected chi connectivity index (χ2v) is 2.58. The smallest absolute Gasteiger partial charge is 0.0917 e. The van der Waals surface area contributed by atoms with Crippen molar-refractivity contribution in [1.29, 1.82) is 0 Å². The molecule has 1 aliphatic heterocycles. The molecule has 8 heavy (non-hydrogen) atoms. The Morgan fingerprint density at radius 2 is 2.38 bits per heavy atom. The molecule has 0 amide bonds. The Bertz CT molecular complexity index is 77.7. The van der Waals surface area contributed by atoms with Gasteiger partial charge in [-0.15, -0.1) is 0 Å². The maximum Gasteiger partial charge on any atom is 0.0917 e. The Morgan fingerprint density at radius 1 is 1.75 bits per heavy atom. The van der Waals surface area contributed by atoms with Crippen LogP contribution in [0, 0.1) is 5.41 Å². The zero-order chi connectivity index (χ0) is 6.04. The van der Waals surface area contributed by atoms with Crippen LogP contribution < -0.4 is 0 Å². The van der Waals surface area contributed by atoms with Gasteiger partial charge in [0.2, 0.25) is 0 Å². The second kappa shape index (κ2) is 2.01. The van der Waals surface area contributed by atoms with E-state index in [1.54, 1.807) is 0 Å². The molecular formula is C5H10O3. The third kappa shape index (κ3) is 0.992. The first-order valence-corrected chi connectivity index (χ1v) is 2.61. The van der Waals surface area contributed by atoms with Gasteiger partial charge in [0.1, 0.15) is 0 Å². The van der Waals surface area contributed by atoms with Gasteiger partial charge in [0.25, 0.3) is 0 Å². The third-order valence-corrected chi connectivity index (χ3v) is 1.31. The zero-order valence-electron chi connectivity index (χ0n) is 4.89. The van der Waals surface area contributed by atoms with E-state index in [-0.39, 0.29) is 5.41 Å². The first-order valence-electron chi connectivity index (χ1n) is 2.61. The fraction of sp³-hybridized carbons (Fsp3) is 1.00. The molecule has 0 bridgehead atoms. The van der Waals surface area contributed by atoms with E-state index in [0.717, 1.165) is 0 Å². The Kier molecular flexibility index (Phi) is 1.51. The second-order valence-electron chi connectivity index (χ2n) is 2.58. The fourth-order valence-corrected chi connectivity index (χ4v) is 0.690. The first-order chi connectivity index (χ1) is 3.77. The normalized spacial score (nSPS) is 24.8. The Labute approximate surface area is 48.1 Å². The monoisotopic (exact) mass is 118 g/mol. The van der Waals surface area contributed by atoms with Crippen LogP contribution in [0.5, 0.6) is 0 Å². The van der Waals surface area contributed by atoms with Gasteiger partial charge in [-0.05, 0) is 0 Å². The molecule has 0 aliphatic carbocycles. The standard InChI is InChI=1S/C5H10O3/c1-5(4-8-6)2-7-3-5/h6H,2-4H2,1H3. The molecule has 0 saturated carbocycles. The van der Waals surface area contributed by atoms with Crippen molar-refractivity contribution in [3.63, 3.8) is 0 Å². The van der Waals surface area contributed by atoms with Crippen molar-refractivity contribution in [3.05, 3.63) is 0 Å². The summed E-state index contributed by atoms with van der Waals surface area (Å²) in [6, 6.07) is 0. The van der Waals surface area contributed by atoms with Crippen molar-refractivity contribution in [3.8, 4) is 0 Å². The maximum atomic E-state index is 8.01. The van der Waals surface area contributed by atoms with Crippen LogP contribution in [0.4, 0.5) is 0 Å². The molecule has 0 atom stereocenters. The molecule has 0 spiro atoms. The molecule has 0 unspecified atom stereocenters. The third-order valence-electron chi connectivity index (χ3n) is 1.31. The minimum absolute atomic E-state index is 0.0781. The Balaban J connectivity index is 2.20. The van der Waals surface area contributed by atoms with Crippen LogP contribution in [-0.2, 0) is 9.62 Å². The van der Waals surface area contributed by atoms with E-state index in [1.165, 1.54) is 0 Å². The van der Waals surface area contributed by atoms with Crippen LogP contribution in [-0.4, -0.2) is 25.1 Å². The molecule has 0 aromatic rings. The number of hydrogen-bond donors (Lipinski definition) is 1. The lowest BCUT2D eigenvalue weighted by Crippen LogP contribution is -2.43. The van der Waals surface area contributed by atoms with Gasteiger partial charge in [-0.25, -0.2) is 4.89 Å². The largest absolute Gasteiger partial charge is 0.380 e. The molecule has 3 nitrogen and oxygen atoms in total. The van der Waals surface area contributed by atoms with Crippen molar-refractivity contribution in [2.24, 2.45) is 5.41 Å². The average molecular weight is 118 g/mol. The highest BCUT2D eigenvalue weighted by Crippen LogP contribution is 2.25. The van der Waals surface area contributed by atoms with Crippen LogP contribution in [0.3, 0.4) is 0 Å². The summed E-state index contributed by atoms with van der Waals surface area (Å²) in [5, 5.41) is 8.01. The lowest BCUT2D eigenvalue weighted by atomic mass is 9.90. The maximum absolute atomic E-state index is 8.01. The molecule has 1 fully saturated rings. The van der Waals surface area contributed by atoms with Crippen molar-refractivity contribution >= 4 is 0 Å². The number of hydrogen-bond acceptors (Lipinski definition) is 3. The van der Waals surface area contributed by atoms with E-state index >= 15 is 0 Å². The van der Waals surface area contributed by atoms with Crippen molar-refractivity contribution in [1.82, 2.24) is 0 Å². The lowest BCUT2D eigenvalue weighted by Gasteiger charge is -2.36. The van der Waals surface area contributed by atoms with Gasteiger partial charge in [-0.1, -0.05) is 6.92 Å². The van der Waals surface area contributed by atoms with Gasteiger partial charge in [-0.2, -0.15) is 0 Å². The average Bonchev–Trinajstić information content (AvgIpc) is 1.64. The molecular weight excluding hydrogens is 108 g/mol. The minimum Gasteiger partial charge on any atom is -0.380 e. The molecule has 0 radical (unpaired) electrons. The van der Waals surface area contributed by atoms with E-state index in [0.29, 0.717) is 19.8 Å². The molecule has 1 saturated heterocycles. The molecule has 1 heterocycles. The van der Waals surface area contributed by atoms with E-state index in [2.05, 4.69) is 4.89 Å². The van der Waals surface area contributed by atoms with Crippen molar-refractivity contribution in [2.75, 3.05) is 19.8 Å². The zero-order valence-corrected chi connectivity index (χ0v) is 4.89.